The van der Waals surface area contributed by atoms with Gasteiger partial charge in [-0.05, 0) is 35.9 Å². The number of benzene rings is 2. The molecule has 20 heavy (non-hydrogen) atoms. The van der Waals surface area contributed by atoms with Crippen molar-refractivity contribution in [3.63, 3.8) is 0 Å². The van der Waals surface area contributed by atoms with Gasteiger partial charge in [-0.3, -0.25) is 0 Å². The van der Waals surface area contributed by atoms with Crippen LogP contribution in [0, 0.1) is 11.6 Å². The quantitative estimate of drug-likeness (QED) is 0.908. The minimum absolute atomic E-state index is 0.0960. The number of hydrogen-bond acceptors (Lipinski definition) is 2. The van der Waals surface area contributed by atoms with Crippen molar-refractivity contribution in [3.05, 3.63) is 70.2 Å². The van der Waals surface area contributed by atoms with Gasteiger partial charge in [-0.15, -0.1) is 0 Å². The van der Waals surface area contributed by atoms with Gasteiger partial charge in [-0.25, -0.2) is 8.78 Å². The van der Waals surface area contributed by atoms with Crippen molar-refractivity contribution in [3.8, 4) is 0 Å². The fourth-order valence-electron chi connectivity index (χ4n) is 2.12. The van der Waals surface area contributed by atoms with Crippen molar-refractivity contribution in [1.29, 1.82) is 0 Å². The second-order valence-electron chi connectivity index (χ2n) is 4.50. The van der Waals surface area contributed by atoms with Gasteiger partial charge in [0.25, 0.3) is 0 Å². The highest BCUT2D eigenvalue weighted by atomic mass is 35.5. The number of rotatable bonds is 4. The maximum atomic E-state index is 13.7. The lowest BCUT2D eigenvalue weighted by Gasteiger charge is -2.22. The zero-order valence-corrected chi connectivity index (χ0v) is 11.3. The molecular formula is C15H14ClF2NO. The smallest absolute Gasteiger partial charge is 0.129 e. The summed E-state index contributed by atoms with van der Waals surface area (Å²) in [5.41, 5.74) is 6.27. The van der Waals surface area contributed by atoms with Gasteiger partial charge in [0.15, 0.2) is 0 Å². The van der Waals surface area contributed by atoms with Gasteiger partial charge in [0, 0.05) is 23.0 Å². The van der Waals surface area contributed by atoms with Crippen molar-refractivity contribution in [2.24, 2.45) is 5.73 Å². The van der Waals surface area contributed by atoms with E-state index in [0.29, 0.717) is 10.6 Å². The summed E-state index contributed by atoms with van der Waals surface area (Å²) in [6.45, 7) is 0.0960. The van der Waals surface area contributed by atoms with Gasteiger partial charge in [-0.1, -0.05) is 23.7 Å². The maximum Gasteiger partial charge on any atom is 0.129 e. The Labute approximate surface area is 120 Å². The lowest BCUT2D eigenvalue weighted by atomic mass is 9.89. The van der Waals surface area contributed by atoms with E-state index in [2.05, 4.69) is 0 Å². The first kappa shape index (κ1) is 14.9. The Bertz CT molecular complexity index is 589. The molecule has 0 saturated heterocycles. The first-order valence-electron chi connectivity index (χ1n) is 6.11. The molecule has 0 bridgehead atoms. The first-order valence-corrected chi connectivity index (χ1v) is 6.49. The third-order valence-electron chi connectivity index (χ3n) is 3.21. The molecule has 2 unspecified atom stereocenters. The Morgan fingerprint density at radius 2 is 1.75 bits per heavy atom. The molecule has 0 aliphatic heterocycles. The first-order chi connectivity index (χ1) is 9.52. The van der Waals surface area contributed by atoms with Gasteiger partial charge in [0.1, 0.15) is 11.6 Å². The highest BCUT2D eigenvalue weighted by Crippen LogP contribution is 2.32. The number of halogens is 3. The number of aliphatic hydroxyl groups excluding tert-OH is 1. The summed E-state index contributed by atoms with van der Waals surface area (Å²) >= 11 is 5.80. The topological polar surface area (TPSA) is 46.2 Å². The van der Waals surface area contributed by atoms with Crippen LogP contribution in [-0.2, 0) is 0 Å². The van der Waals surface area contributed by atoms with E-state index in [1.807, 2.05) is 0 Å². The monoisotopic (exact) mass is 297 g/mol. The van der Waals surface area contributed by atoms with Crippen LogP contribution in [0.1, 0.15) is 23.1 Å². The molecule has 0 saturated carbocycles. The molecule has 0 heterocycles. The number of nitrogens with two attached hydrogens (primary N) is 1. The summed E-state index contributed by atoms with van der Waals surface area (Å²) in [6.07, 6.45) is -1.23. The Hall–Kier alpha value is -1.49. The lowest BCUT2D eigenvalue weighted by Crippen LogP contribution is -2.21. The van der Waals surface area contributed by atoms with E-state index in [1.165, 1.54) is 0 Å². The van der Waals surface area contributed by atoms with Crippen molar-refractivity contribution in [2.45, 2.75) is 12.0 Å². The lowest BCUT2D eigenvalue weighted by molar-refractivity contribution is 0.142. The van der Waals surface area contributed by atoms with Crippen LogP contribution in [0.4, 0.5) is 8.78 Å². The van der Waals surface area contributed by atoms with Crippen LogP contribution >= 0.6 is 11.6 Å². The number of hydrogen-bond donors (Lipinski definition) is 2. The maximum absolute atomic E-state index is 13.7. The molecule has 0 aliphatic carbocycles. The molecule has 0 aliphatic rings. The van der Waals surface area contributed by atoms with Crippen LogP contribution in [-0.4, -0.2) is 11.7 Å². The zero-order valence-electron chi connectivity index (χ0n) is 10.6. The van der Waals surface area contributed by atoms with Gasteiger partial charge >= 0.3 is 0 Å². The van der Waals surface area contributed by atoms with E-state index in [9.17, 15) is 13.9 Å². The molecule has 3 N–H and O–H groups in total. The minimum atomic E-state index is -1.23. The molecule has 0 radical (unpaired) electrons. The molecular weight excluding hydrogens is 284 g/mol. The van der Waals surface area contributed by atoms with E-state index in [1.54, 1.807) is 24.3 Å². The molecule has 2 aromatic rings. The molecule has 0 fully saturated rings. The van der Waals surface area contributed by atoms with Crippen molar-refractivity contribution in [2.75, 3.05) is 6.54 Å². The Morgan fingerprint density at radius 1 is 1.10 bits per heavy atom. The summed E-state index contributed by atoms with van der Waals surface area (Å²) in [6, 6.07) is 9.72. The summed E-state index contributed by atoms with van der Waals surface area (Å²) in [5.74, 6) is -1.80. The van der Waals surface area contributed by atoms with Crippen LogP contribution in [0.2, 0.25) is 5.02 Å². The SMILES string of the molecule is NCC(c1ccc(Cl)cc1)C(O)c1cc(F)ccc1F. The summed E-state index contributed by atoms with van der Waals surface area (Å²) in [4.78, 5) is 0. The predicted molar refractivity (Wildman–Crippen MR) is 74.6 cm³/mol. The fraction of sp³-hybridized carbons (Fsp3) is 0.200. The van der Waals surface area contributed by atoms with E-state index in [-0.39, 0.29) is 12.1 Å². The fourth-order valence-corrected chi connectivity index (χ4v) is 2.24. The summed E-state index contributed by atoms with van der Waals surface area (Å²) < 4.78 is 26.9. The largest absolute Gasteiger partial charge is 0.388 e. The standard InChI is InChI=1S/C15H14ClF2NO/c16-10-3-1-9(2-4-10)13(8-19)15(20)12-7-11(17)5-6-14(12)18/h1-7,13,15,20H,8,19H2. The average molecular weight is 298 g/mol. The van der Waals surface area contributed by atoms with E-state index >= 15 is 0 Å². The second-order valence-corrected chi connectivity index (χ2v) is 4.94. The molecule has 2 rings (SSSR count). The summed E-state index contributed by atoms with van der Waals surface area (Å²) in [7, 11) is 0. The van der Waals surface area contributed by atoms with Gasteiger partial charge in [0.2, 0.25) is 0 Å². The van der Waals surface area contributed by atoms with E-state index < -0.39 is 23.7 Å². The molecule has 106 valence electrons. The third kappa shape index (κ3) is 3.15. The van der Waals surface area contributed by atoms with Crippen LogP contribution in [0.15, 0.2) is 42.5 Å². The molecule has 0 aromatic heterocycles. The van der Waals surface area contributed by atoms with E-state index in [4.69, 9.17) is 17.3 Å². The highest BCUT2D eigenvalue weighted by Gasteiger charge is 2.24. The third-order valence-corrected chi connectivity index (χ3v) is 3.46. The van der Waals surface area contributed by atoms with Gasteiger partial charge in [0.05, 0.1) is 6.10 Å². The normalized spacial score (nSPS) is 14.1. The van der Waals surface area contributed by atoms with Crippen molar-refractivity contribution in [1.82, 2.24) is 0 Å². The molecule has 0 amide bonds. The van der Waals surface area contributed by atoms with Crippen molar-refractivity contribution >= 4 is 11.6 Å². The Kier molecular flexibility index (Phi) is 4.70. The molecule has 2 atom stereocenters. The Balaban J connectivity index is 2.35. The molecule has 2 aromatic carbocycles. The van der Waals surface area contributed by atoms with Crippen LogP contribution < -0.4 is 5.73 Å². The molecule has 0 spiro atoms. The van der Waals surface area contributed by atoms with Crippen molar-refractivity contribution < 1.29 is 13.9 Å². The summed E-state index contributed by atoms with van der Waals surface area (Å²) in [5, 5.41) is 10.8. The van der Waals surface area contributed by atoms with Gasteiger partial charge < -0.3 is 10.8 Å². The van der Waals surface area contributed by atoms with Crippen LogP contribution in [0.25, 0.3) is 0 Å². The second kappa shape index (κ2) is 6.31. The van der Waals surface area contributed by atoms with E-state index in [0.717, 1.165) is 18.2 Å². The number of aliphatic hydroxyl groups is 1. The average Bonchev–Trinajstić information content (AvgIpc) is 2.44. The molecule has 5 heteroatoms. The highest BCUT2D eigenvalue weighted by molar-refractivity contribution is 6.30. The van der Waals surface area contributed by atoms with Gasteiger partial charge in [-0.2, -0.15) is 0 Å². The molecule has 2 nitrogen and oxygen atoms in total. The zero-order chi connectivity index (χ0) is 14.7. The Morgan fingerprint density at radius 3 is 2.35 bits per heavy atom. The van der Waals surface area contributed by atoms with Crippen LogP contribution in [0.5, 0.6) is 0 Å². The van der Waals surface area contributed by atoms with Crippen LogP contribution in [0.3, 0.4) is 0 Å². The predicted octanol–water partition coefficient (Wildman–Crippen LogP) is 3.39. The minimum Gasteiger partial charge on any atom is -0.388 e.